The first-order valence-electron chi connectivity index (χ1n) is 5.85. The number of rotatable bonds is 2. The maximum atomic E-state index is 5.37. The summed E-state index contributed by atoms with van der Waals surface area (Å²) in [7, 11) is 1.67. The molecule has 2 heterocycles. The zero-order valence-corrected chi connectivity index (χ0v) is 10.2. The summed E-state index contributed by atoms with van der Waals surface area (Å²) in [5.74, 6) is 1.50. The van der Waals surface area contributed by atoms with Gasteiger partial charge in [-0.1, -0.05) is 6.42 Å². The Morgan fingerprint density at radius 1 is 1.25 bits per heavy atom. The van der Waals surface area contributed by atoms with Crippen molar-refractivity contribution in [3.63, 3.8) is 0 Å². The first kappa shape index (κ1) is 11.3. The second-order valence-corrected chi connectivity index (χ2v) is 4.28. The molecular formula is C12H19N3O. The number of methoxy groups -OCH3 is 1. The Hall–Kier alpha value is -1.16. The van der Waals surface area contributed by atoms with Crippen LogP contribution >= 0.6 is 0 Å². The van der Waals surface area contributed by atoms with Crippen LogP contribution in [-0.2, 0) is 0 Å². The van der Waals surface area contributed by atoms with Crippen molar-refractivity contribution in [3.8, 4) is 5.88 Å². The van der Waals surface area contributed by atoms with Gasteiger partial charge in [-0.05, 0) is 33.2 Å². The van der Waals surface area contributed by atoms with Crippen LogP contribution in [0, 0.1) is 13.8 Å². The fraction of sp³-hybridized carbons (Fsp3) is 0.667. The molecule has 1 saturated heterocycles. The fourth-order valence-corrected chi connectivity index (χ4v) is 2.34. The van der Waals surface area contributed by atoms with E-state index in [1.165, 1.54) is 12.8 Å². The van der Waals surface area contributed by atoms with Gasteiger partial charge in [0.1, 0.15) is 5.82 Å². The van der Waals surface area contributed by atoms with Gasteiger partial charge in [-0.25, -0.2) is 4.98 Å². The summed E-state index contributed by atoms with van der Waals surface area (Å²) in [6, 6.07) is 0.351. The Bertz CT molecular complexity index is 373. The van der Waals surface area contributed by atoms with E-state index in [1.807, 2.05) is 13.8 Å². The number of nitrogens with one attached hydrogen (secondary N) is 1. The third-order valence-corrected chi connectivity index (χ3v) is 3.07. The number of aryl methyl sites for hydroxylation is 2. The van der Waals surface area contributed by atoms with E-state index in [0.717, 1.165) is 35.9 Å². The molecule has 1 aliphatic heterocycles. The van der Waals surface area contributed by atoms with Crippen molar-refractivity contribution in [2.24, 2.45) is 0 Å². The first-order valence-corrected chi connectivity index (χ1v) is 5.85. The summed E-state index contributed by atoms with van der Waals surface area (Å²) in [5, 5.41) is 3.51. The molecule has 0 aliphatic carbocycles. The monoisotopic (exact) mass is 221 g/mol. The van der Waals surface area contributed by atoms with Gasteiger partial charge in [-0.15, -0.1) is 0 Å². The molecule has 0 spiro atoms. The van der Waals surface area contributed by atoms with E-state index in [0.29, 0.717) is 6.04 Å². The highest BCUT2D eigenvalue weighted by atomic mass is 16.5. The van der Waals surface area contributed by atoms with E-state index in [4.69, 9.17) is 4.74 Å². The van der Waals surface area contributed by atoms with E-state index in [-0.39, 0.29) is 0 Å². The number of aromatic nitrogens is 2. The molecule has 1 fully saturated rings. The lowest BCUT2D eigenvalue weighted by Gasteiger charge is -2.25. The standard InChI is InChI=1S/C12H19N3O/c1-8-11(10-6-4-5-7-13-10)12(16-3)15-9(2)14-8/h10,13H,4-7H2,1-3H3. The minimum atomic E-state index is 0.351. The Morgan fingerprint density at radius 2 is 2.06 bits per heavy atom. The van der Waals surface area contributed by atoms with Crippen molar-refractivity contribution in [1.82, 2.24) is 15.3 Å². The van der Waals surface area contributed by atoms with Crippen LogP contribution in [0.5, 0.6) is 5.88 Å². The average molecular weight is 221 g/mol. The van der Waals surface area contributed by atoms with Crippen molar-refractivity contribution in [2.45, 2.75) is 39.2 Å². The third-order valence-electron chi connectivity index (χ3n) is 3.07. The largest absolute Gasteiger partial charge is 0.481 e. The van der Waals surface area contributed by atoms with Crippen molar-refractivity contribution in [1.29, 1.82) is 0 Å². The zero-order chi connectivity index (χ0) is 11.5. The molecular weight excluding hydrogens is 202 g/mol. The molecule has 0 aromatic carbocycles. The molecule has 0 amide bonds. The predicted octanol–water partition coefficient (Wildman–Crippen LogP) is 1.92. The second-order valence-electron chi connectivity index (χ2n) is 4.28. The molecule has 0 radical (unpaired) electrons. The third kappa shape index (κ3) is 2.16. The number of piperidine rings is 1. The minimum absolute atomic E-state index is 0.351. The van der Waals surface area contributed by atoms with Crippen LogP contribution < -0.4 is 10.1 Å². The zero-order valence-electron chi connectivity index (χ0n) is 10.2. The van der Waals surface area contributed by atoms with Crippen molar-refractivity contribution in [2.75, 3.05) is 13.7 Å². The van der Waals surface area contributed by atoms with E-state index in [2.05, 4.69) is 15.3 Å². The van der Waals surface area contributed by atoms with Gasteiger partial charge in [0.05, 0.1) is 12.7 Å². The molecule has 1 unspecified atom stereocenters. The van der Waals surface area contributed by atoms with Crippen LogP contribution in [0.15, 0.2) is 0 Å². The summed E-state index contributed by atoms with van der Waals surface area (Å²) >= 11 is 0. The molecule has 1 atom stereocenters. The molecule has 1 N–H and O–H groups in total. The van der Waals surface area contributed by atoms with Crippen LogP contribution in [-0.4, -0.2) is 23.6 Å². The second kappa shape index (κ2) is 4.78. The smallest absolute Gasteiger partial charge is 0.221 e. The number of hydrogen-bond acceptors (Lipinski definition) is 4. The van der Waals surface area contributed by atoms with Crippen molar-refractivity contribution < 1.29 is 4.74 Å². The van der Waals surface area contributed by atoms with Gasteiger partial charge in [0.15, 0.2) is 0 Å². The van der Waals surface area contributed by atoms with E-state index >= 15 is 0 Å². The van der Waals surface area contributed by atoms with E-state index in [1.54, 1.807) is 7.11 Å². The number of ether oxygens (including phenoxy) is 1. The lowest BCUT2D eigenvalue weighted by atomic mass is 9.97. The molecule has 0 saturated carbocycles. The van der Waals surface area contributed by atoms with Gasteiger partial charge in [0.2, 0.25) is 5.88 Å². The fourth-order valence-electron chi connectivity index (χ4n) is 2.34. The molecule has 1 aliphatic rings. The molecule has 16 heavy (non-hydrogen) atoms. The van der Waals surface area contributed by atoms with Gasteiger partial charge in [-0.3, -0.25) is 0 Å². The highest BCUT2D eigenvalue weighted by Gasteiger charge is 2.22. The van der Waals surface area contributed by atoms with E-state index in [9.17, 15) is 0 Å². The number of nitrogens with zero attached hydrogens (tertiary/aromatic N) is 2. The summed E-state index contributed by atoms with van der Waals surface area (Å²) in [5.41, 5.74) is 2.16. The summed E-state index contributed by atoms with van der Waals surface area (Å²) in [6.45, 7) is 5.00. The van der Waals surface area contributed by atoms with Crippen LogP contribution in [0.2, 0.25) is 0 Å². The maximum absolute atomic E-state index is 5.37. The van der Waals surface area contributed by atoms with Gasteiger partial charge in [-0.2, -0.15) is 4.98 Å². The Morgan fingerprint density at radius 3 is 2.69 bits per heavy atom. The lowest BCUT2D eigenvalue weighted by molar-refractivity contribution is 0.358. The molecule has 0 bridgehead atoms. The molecule has 4 heteroatoms. The summed E-state index contributed by atoms with van der Waals surface area (Å²) in [4.78, 5) is 8.78. The summed E-state index contributed by atoms with van der Waals surface area (Å²) < 4.78 is 5.37. The maximum Gasteiger partial charge on any atom is 0.221 e. The van der Waals surface area contributed by atoms with Gasteiger partial charge in [0.25, 0.3) is 0 Å². The molecule has 1 aromatic heterocycles. The lowest BCUT2D eigenvalue weighted by Crippen LogP contribution is -2.28. The minimum Gasteiger partial charge on any atom is -0.481 e. The topological polar surface area (TPSA) is 47.0 Å². The van der Waals surface area contributed by atoms with Crippen molar-refractivity contribution >= 4 is 0 Å². The Kier molecular flexibility index (Phi) is 3.39. The van der Waals surface area contributed by atoms with Crippen LogP contribution in [0.25, 0.3) is 0 Å². The van der Waals surface area contributed by atoms with Gasteiger partial charge < -0.3 is 10.1 Å². The SMILES string of the molecule is COc1nc(C)nc(C)c1C1CCCCN1. The Labute approximate surface area is 96.4 Å². The highest BCUT2D eigenvalue weighted by Crippen LogP contribution is 2.30. The van der Waals surface area contributed by atoms with Gasteiger partial charge >= 0.3 is 0 Å². The van der Waals surface area contributed by atoms with Crippen LogP contribution in [0.1, 0.15) is 42.4 Å². The quantitative estimate of drug-likeness (QED) is 0.828. The molecule has 88 valence electrons. The van der Waals surface area contributed by atoms with Crippen LogP contribution in [0.4, 0.5) is 0 Å². The predicted molar refractivity (Wildman–Crippen MR) is 62.7 cm³/mol. The number of hydrogen-bond donors (Lipinski definition) is 1. The normalized spacial score (nSPS) is 20.8. The molecule has 2 rings (SSSR count). The highest BCUT2D eigenvalue weighted by molar-refractivity contribution is 5.33. The first-order chi connectivity index (χ1) is 7.72. The molecule has 1 aromatic rings. The van der Waals surface area contributed by atoms with E-state index < -0.39 is 0 Å². The van der Waals surface area contributed by atoms with Crippen LogP contribution in [0.3, 0.4) is 0 Å². The Balaban J connectivity index is 2.37. The average Bonchev–Trinajstić information content (AvgIpc) is 2.29. The van der Waals surface area contributed by atoms with Crippen molar-refractivity contribution in [3.05, 3.63) is 17.1 Å². The molecule has 4 nitrogen and oxygen atoms in total. The van der Waals surface area contributed by atoms with Gasteiger partial charge in [0, 0.05) is 11.7 Å². The summed E-state index contributed by atoms with van der Waals surface area (Å²) in [6.07, 6.45) is 3.66.